The predicted octanol–water partition coefficient (Wildman–Crippen LogP) is 7.83. The molecule has 0 bridgehead atoms. The minimum Gasteiger partial charge on any atom is -0.468 e. The van der Waals surface area contributed by atoms with Gasteiger partial charge in [0.25, 0.3) is 5.56 Å². The number of esters is 3. The number of ether oxygens (including phenoxy) is 11. The monoisotopic (exact) mass is 1640 g/mol. The number of rotatable bonds is 29. The van der Waals surface area contributed by atoms with Gasteiger partial charge in [-0.2, -0.15) is 15.3 Å². The summed E-state index contributed by atoms with van der Waals surface area (Å²) in [6.45, 7) is 24.7. The highest BCUT2D eigenvalue weighted by molar-refractivity contribution is 8.00. The molecule has 600 valence electrons. The van der Waals surface area contributed by atoms with E-state index in [1.165, 1.54) is 82.0 Å². The van der Waals surface area contributed by atoms with Gasteiger partial charge in [0.15, 0.2) is 45.7 Å². The van der Waals surface area contributed by atoms with E-state index in [1.54, 1.807) is 104 Å². The molecule has 1 unspecified atom stereocenters. The van der Waals surface area contributed by atoms with Crippen LogP contribution in [0, 0.1) is 12.8 Å². The SMILES string of the molecule is C=C1N=C(N)C=CN1[C@H]1CS[C@@H](CO[P@@](=O)(N[C@@H](C)C(=O)OC(C)C)Oc2ccc3c(c2)OCO3)O1.C=C1N=C(N)C=CN1[C@H]1CS[C@@H](CO[P@@](=O)(N[C@@H](C)C(=O)OC)Oc2ccc3c(c2)OCO3)O1.C=C1[C@H](COP(=O)(N[C@@H](C)C(=O)OC(C)C)Oc2ccc3c(c2)OCO3)[C@@H](O)C[C@@H]1n1cnc2c(=O)[nH]c(C)nc21. The summed E-state index contributed by atoms with van der Waals surface area (Å²) in [7, 11) is -11.1. The summed E-state index contributed by atoms with van der Waals surface area (Å²) >= 11 is 2.93. The smallest absolute Gasteiger partial charge is 0.459 e. The number of carbonyl (C=O) groups excluding carboxylic acids is 3. The van der Waals surface area contributed by atoms with Crippen LogP contribution >= 0.6 is 46.8 Å². The lowest BCUT2D eigenvalue weighted by Gasteiger charge is -2.28. The summed E-state index contributed by atoms with van der Waals surface area (Å²) < 4.78 is 137. The van der Waals surface area contributed by atoms with E-state index in [9.17, 15) is 38.0 Å². The molecule has 111 heavy (non-hydrogen) atoms. The maximum Gasteiger partial charge on any atom is 0.459 e. The highest BCUT2D eigenvalue weighted by atomic mass is 32.2. The molecule has 8 aliphatic rings. The number of nitrogens with one attached hydrogen (secondary N) is 4. The Morgan fingerprint density at radius 1 is 0.631 bits per heavy atom. The van der Waals surface area contributed by atoms with Crippen molar-refractivity contribution in [2.75, 3.05) is 58.8 Å². The highest BCUT2D eigenvalue weighted by Gasteiger charge is 2.44. The van der Waals surface area contributed by atoms with Crippen LogP contribution < -0.4 is 74.3 Å². The highest BCUT2D eigenvalue weighted by Crippen LogP contribution is 2.53. The van der Waals surface area contributed by atoms with Gasteiger partial charge in [0.2, 0.25) is 20.4 Å². The Morgan fingerprint density at radius 3 is 1.44 bits per heavy atom. The molecule has 2 saturated heterocycles. The van der Waals surface area contributed by atoms with E-state index < -0.39 is 88.2 Å². The largest absolute Gasteiger partial charge is 0.468 e. The summed E-state index contributed by atoms with van der Waals surface area (Å²) in [4.78, 5) is 72.0. The molecule has 0 radical (unpaired) electrons. The number of amidine groups is 2. The van der Waals surface area contributed by atoms with Crippen molar-refractivity contribution in [1.29, 1.82) is 0 Å². The number of aliphatic hydroxyl groups is 1. The van der Waals surface area contributed by atoms with Crippen LogP contribution in [0.3, 0.4) is 0 Å². The van der Waals surface area contributed by atoms with Gasteiger partial charge < -0.3 is 102 Å². The molecule has 43 heteroatoms. The fourth-order valence-corrected chi connectivity index (χ4v) is 18.0. The Morgan fingerprint density at radius 2 is 1.04 bits per heavy atom. The van der Waals surface area contributed by atoms with Gasteiger partial charge in [-0.15, -0.1) is 23.5 Å². The number of aromatic amines is 1. The molecule has 5 aromatic rings. The first-order valence-corrected chi connectivity index (χ1v) is 41.2. The van der Waals surface area contributed by atoms with Crippen LogP contribution in [0.5, 0.6) is 51.7 Å². The lowest BCUT2D eigenvalue weighted by Crippen LogP contribution is -2.37. The number of benzene rings is 3. The molecule has 3 fully saturated rings. The number of hydrogen-bond acceptors (Lipinski definition) is 35. The number of methoxy groups -OCH3 is 1. The zero-order valence-electron chi connectivity index (χ0n) is 61.7. The second-order valence-electron chi connectivity index (χ2n) is 25.8. The average Bonchev–Trinajstić information content (AvgIpc) is 1.62. The van der Waals surface area contributed by atoms with Crippen LogP contribution in [-0.4, -0.2) is 183 Å². The van der Waals surface area contributed by atoms with E-state index >= 15 is 0 Å². The van der Waals surface area contributed by atoms with Gasteiger partial charge in [-0.1, -0.05) is 19.7 Å². The number of fused-ring (bicyclic) bond motifs is 4. The van der Waals surface area contributed by atoms with Gasteiger partial charge >= 0.3 is 41.1 Å². The number of nitrogens with zero attached hydrogens (tertiary/aromatic N) is 7. The summed E-state index contributed by atoms with van der Waals surface area (Å²) in [5, 5.41) is 18.8. The van der Waals surface area contributed by atoms with E-state index in [0.29, 0.717) is 86.4 Å². The van der Waals surface area contributed by atoms with Crippen LogP contribution in [0.4, 0.5) is 0 Å². The summed E-state index contributed by atoms with van der Waals surface area (Å²) in [5.41, 5.74) is 11.2. The summed E-state index contributed by atoms with van der Waals surface area (Å²) in [6.07, 6.45) is 6.16. The van der Waals surface area contributed by atoms with Crippen molar-refractivity contribution < 1.29 is 112 Å². The topological polar surface area (TPSA) is 462 Å². The lowest BCUT2D eigenvalue weighted by molar-refractivity contribution is -0.150. The van der Waals surface area contributed by atoms with Crippen molar-refractivity contribution in [3.05, 3.63) is 139 Å². The van der Waals surface area contributed by atoms with Crippen LogP contribution in [0.2, 0.25) is 0 Å². The number of aliphatic imine (C=N–C) groups is 2. The van der Waals surface area contributed by atoms with Crippen LogP contribution in [0.25, 0.3) is 11.2 Å². The van der Waals surface area contributed by atoms with Crippen molar-refractivity contribution in [3.63, 3.8) is 0 Å². The van der Waals surface area contributed by atoms with Gasteiger partial charge in [0.05, 0.1) is 57.6 Å². The van der Waals surface area contributed by atoms with Crippen molar-refractivity contribution in [2.45, 2.75) is 128 Å². The molecule has 13 atom stereocenters. The average molecular weight is 1640 g/mol. The zero-order chi connectivity index (χ0) is 79.6. The third kappa shape index (κ3) is 21.4. The Bertz CT molecular complexity index is 4660. The van der Waals surface area contributed by atoms with Gasteiger partial charge in [0, 0.05) is 48.0 Å². The minimum absolute atomic E-state index is 0.0434. The van der Waals surface area contributed by atoms with Crippen molar-refractivity contribution in [2.24, 2.45) is 27.4 Å². The van der Waals surface area contributed by atoms with Crippen molar-refractivity contribution in [1.82, 2.24) is 44.6 Å². The first-order chi connectivity index (χ1) is 52.8. The number of aliphatic hydroxyl groups excluding tert-OH is 1. The van der Waals surface area contributed by atoms with E-state index in [1.807, 2.05) is 0 Å². The fourth-order valence-electron chi connectivity index (χ4n) is 11.4. The molecular weight excluding hydrogens is 1560 g/mol. The quantitative estimate of drug-likeness (QED) is 0.0104. The number of thioether (sulfide) groups is 2. The fraction of sp³-hybridized carbons (Fsp3) is 0.441. The third-order valence-corrected chi connectivity index (χ3v) is 23.8. The molecule has 3 aromatic carbocycles. The number of imidazole rings is 1. The van der Waals surface area contributed by atoms with Crippen LogP contribution in [0.15, 0.2) is 137 Å². The molecule has 9 N–H and O–H groups in total. The lowest BCUT2D eigenvalue weighted by atomic mass is 10.0. The first kappa shape index (κ1) is 82.8. The minimum atomic E-state index is -4.23. The molecule has 13 rings (SSSR count). The van der Waals surface area contributed by atoms with E-state index in [4.69, 9.17) is 90.7 Å². The summed E-state index contributed by atoms with van der Waals surface area (Å²) in [6, 6.07) is 10.7. The molecule has 1 aliphatic carbocycles. The predicted molar refractivity (Wildman–Crippen MR) is 403 cm³/mol. The number of hydrogen-bond donors (Lipinski definition) is 7. The molecule has 2 aromatic heterocycles. The number of nitrogens with two attached hydrogens (primary N) is 2. The molecule has 38 nitrogen and oxygen atoms in total. The summed E-state index contributed by atoms with van der Waals surface area (Å²) in [5.74, 6) is 4.16. The molecule has 1 saturated carbocycles. The normalized spacial score (nSPS) is 23.1. The second kappa shape index (κ2) is 36.1. The first-order valence-electron chi connectivity index (χ1n) is 34.5. The van der Waals surface area contributed by atoms with Crippen LogP contribution in [0.1, 0.15) is 66.8 Å². The van der Waals surface area contributed by atoms with E-state index in [0.717, 1.165) is 0 Å². The number of aromatic nitrogens is 4. The number of H-pyrrole nitrogens is 1. The van der Waals surface area contributed by atoms with Crippen LogP contribution in [-0.2, 0) is 65.3 Å². The number of carbonyl (C=O) groups is 3. The maximum atomic E-state index is 14.0. The zero-order valence-corrected chi connectivity index (χ0v) is 66.0. The standard InChI is InChI=1S/C26H32N5O9P.C22H29N4O8PS.C20H25N4O8PS/c1-13(2)39-26(34)15(4)30-41(35,40-17-6-7-21-22(8-17)37-12-36-21)38-10-18-14(3)19(9-20(18)32)31-11-27-23-24(31)28-16(5)29-25(23)33;1-13(2)32-22(27)14(3)25-35(28,34-16-5-6-17-18(9-16)30-12-29-17)31-10-21-33-20(11-36-21)26-8-7-19(23)24-15(26)4;1-12(20(25)27-3)23-33(26,32-14-4-5-15-16(8-14)29-11-28-15)30-9-19-31-18(10-34-19)24-7-6-17(21)22-13(24)2/h6-8,11,13,15,18-20,32H,3,9-10,12H2,1-2,4-5H3,(H,30,35)(H,28,29,33);5-9,13-14,20-21H,4,10-12H2,1-3H3,(H2,23,24)(H,25,28);4-8,12,18-19H,2,9-11H2,1,3H3,(H2,21,22)(H,23,26)/t15-,18-,19-,20-,41?;14-,20+,21-,35-;12-,18+,19-,33-/m000/s1. The van der Waals surface area contributed by atoms with E-state index in [2.05, 4.69) is 59.9 Å². The molecule has 9 heterocycles. The van der Waals surface area contributed by atoms with Gasteiger partial charge in [-0.05, 0) is 116 Å². The molecule has 0 spiro atoms. The van der Waals surface area contributed by atoms with E-state index in [-0.39, 0.29) is 99.6 Å². The second-order valence-corrected chi connectivity index (χ2v) is 33.2. The maximum absolute atomic E-state index is 14.0. The van der Waals surface area contributed by atoms with Crippen molar-refractivity contribution in [3.8, 4) is 51.7 Å². The third-order valence-electron chi connectivity index (χ3n) is 16.6. The van der Waals surface area contributed by atoms with Gasteiger partial charge in [-0.3, -0.25) is 32.7 Å². The Hall–Kier alpha value is -9.11. The molecular formula is C68H86N13O25P3S2. The molecule has 7 aliphatic heterocycles. The van der Waals surface area contributed by atoms with Crippen molar-refractivity contribution >= 4 is 87.5 Å². The Labute approximate surface area is 645 Å². The van der Waals surface area contributed by atoms with Gasteiger partial charge in [0.1, 0.15) is 87.8 Å². The molecule has 0 amide bonds. The Kier molecular flexibility index (Phi) is 27.0. The number of aryl methyl sites for hydroxylation is 1. The van der Waals surface area contributed by atoms with Gasteiger partial charge in [-0.25, -0.2) is 33.6 Å². The Balaban J connectivity index is 0.000000166.